The van der Waals surface area contributed by atoms with Crippen LogP contribution in [0.2, 0.25) is 0 Å². The summed E-state index contributed by atoms with van der Waals surface area (Å²) >= 11 is 1.91. The SMILES string of the molecule is CC(C)CNCc1nc2c(s1)CC(c1ccccc1)CC2. The fourth-order valence-electron chi connectivity index (χ4n) is 2.98. The number of fused-ring (bicyclic) bond motifs is 1. The summed E-state index contributed by atoms with van der Waals surface area (Å²) in [5.74, 6) is 1.37. The molecule has 0 spiro atoms. The van der Waals surface area contributed by atoms with Gasteiger partial charge in [0.2, 0.25) is 0 Å². The number of aryl methyl sites for hydroxylation is 1. The fourth-order valence-corrected chi connectivity index (χ4v) is 4.15. The van der Waals surface area contributed by atoms with Gasteiger partial charge in [-0.2, -0.15) is 0 Å². The zero-order valence-corrected chi connectivity index (χ0v) is 13.7. The number of aromatic nitrogens is 1. The molecule has 3 rings (SSSR count). The quantitative estimate of drug-likeness (QED) is 0.897. The Morgan fingerprint density at radius 2 is 2.10 bits per heavy atom. The van der Waals surface area contributed by atoms with Crippen LogP contribution in [0.25, 0.3) is 0 Å². The van der Waals surface area contributed by atoms with Gasteiger partial charge in [0.15, 0.2) is 0 Å². The summed E-state index contributed by atoms with van der Waals surface area (Å²) in [7, 11) is 0. The second-order valence-corrected chi connectivity index (χ2v) is 7.52. The van der Waals surface area contributed by atoms with E-state index in [0.717, 1.165) is 19.5 Å². The molecule has 1 aliphatic carbocycles. The lowest BCUT2D eigenvalue weighted by Crippen LogP contribution is -2.18. The fraction of sp³-hybridized carbons (Fsp3) is 0.500. The lowest BCUT2D eigenvalue weighted by molar-refractivity contribution is 0.549. The summed E-state index contributed by atoms with van der Waals surface area (Å²) < 4.78 is 0. The summed E-state index contributed by atoms with van der Waals surface area (Å²) in [4.78, 5) is 6.34. The second kappa shape index (κ2) is 6.71. The molecule has 1 heterocycles. The first-order valence-electron chi connectivity index (χ1n) is 7.95. The molecule has 0 saturated heterocycles. The van der Waals surface area contributed by atoms with E-state index in [0.29, 0.717) is 11.8 Å². The second-order valence-electron chi connectivity index (χ2n) is 6.35. The monoisotopic (exact) mass is 300 g/mol. The standard InChI is InChI=1S/C18H24N2S/c1-13(2)11-19-12-18-20-16-9-8-15(10-17(16)21-18)14-6-4-3-5-7-14/h3-7,13,15,19H,8-12H2,1-2H3. The van der Waals surface area contributed by atoms with Crippen molar-refractivity contribution in [3.8, 4) is 0 Å². The molecular weight excluding hydrogens is 276 g/mol. The van der Waals surface area contributed by atoms with Crippen LogP contribution < -0.4 is 5.32 Å². The molecule has 0 saturated carbocycles. The smallest absolute Gasteiger partial charge is 0.107 e. The summed E-state index contributed by atoms with van der Waals surface area (Å²) in [6, 6.07) is 10.9. The van der Waals surface area contributed by atoms with Crippen molar-refractivity contribution >= 4 is 11.3 Å². The van der Waals surface area contributed by atoms with E-state index in [4.69, 9.17) is 4.98 Å². The van der Waals surface area contributed by atoms with E-state index in [9.17, 15) is 0 Å². The highest BCUT2D eigenvalue weighted by atomic mass is 32.1. The van der Waals surface area contributed by atoms with E-state index in [1.54, 1.807) is 0 Å². The molecule has 21 heavy (non-hydrogen) atoms. The largest absolute Gasteiger partial charge is 0.310 e. The van der Waals surface area contributed by atoms with Crippen LogP contribution in [0.3, 0.4) is 0 Å². The Bertz CT molecular complexity index is 574. The average Bonchev–Trinajstić information content (AvgIpc) is 2.89. The van der Waals surface area contributed by atoms with Gasteiger partial charge in [0, 0.05) is 11.4 Å². The first-order chi connectivity index (χ1) is 10.2. The Labute approximate surface area is 131 Å². The molecule has 112 valence electrons. The first-order valence-corrected chi connectivity index (χ1v) is 8.77. The minimum atomic E-state index is 0.677. The molecule has 3 heteroatoms. The minimum Gasteiger partial charge on any atom is -0.310 e. The van der Waals surface area contributed by atoms with Gasteiger partial charge >= 0.3 is 0 Å². The normalized spacial score (nSPS) is 18.0. The Kier molecular flexibility index (Phi) is 4.71. The van der Waals surface area contributed by atoms with Gasteiger partial charge in [0.25, 0.3) is 0 Å². The summed E-state index contributed by atoms with van der Waals surface area (Å²) in [6.07, 6.45) is 3.54. The molecule has 0 fully saturated rings. The number of nitrogens with zero attached hydrogens (tertiary/aromatic N) is 1. The summed E-state index contributed by atoms with van der Waals surface area (Å²) in [6.45, 7) is 6.47. The number of hydrogen-bond donors (Lipinski definition) is 1. The Morgan fingerprint density at radius 1 is 1.29 bits per heavy atom. The van der Waals surface area contributed by atoms with Crippen molar-refractivity contribution in [3.05, 3.63) is 51.5 Å². The van der Waals surface area contributed by atoms with E-state index < -0.39 is 0 Å². The molecule has 0 aliphatic heterocycles. The van der Waals surface area contributed by atoms with Gasteiger partial charge in [-0.25, -0.2) is 4.98 Å². The van der Waals surface area contributed by atoms with Crippen molar-refractivity contribution in [2.75, 3.05) is 6.54 Å². The topological polar surface area (TPSA) is 24.9 Å². The number of benzene rings is 1. The average molecular weight is 300 g/mol. The maximum Gasteiger partial charge on any atom is 0.107 e. The molecule has 1 aromatic carbocycles. The van der Waals surface area contributed by atoms with Gasteiger partial charge in [-0.15, -0.1) is 11.3 Å². The van der Waals surface area contributed by atoms with E-state index in [-0.39, 0.29) is 0 Å². The van der Waals surface area contributed by atoms with Crippen molar-refractivity contribution in [2.24, 2.45) is 5.92 Å². The number of hydrogen-bond acceptors (Lipinski definition) is 3. The van der Waals surface area contributed by atoms with Gasteiger partial charge < -0.3 is 5.32 Å². The van der Waals surface area contributed by atoms with Crippen LogP contribution in [0.4, 0.5) is 0 Å². The molecule has 0 bridgehead atoms. The maximum absolute atomic E-state index is 4.83. The van der Waals surface area contributed by atoms with Gasteiger partial charge in [-0.1, -0.05) is 44.2 Å². The van der Waals surface area contributed by atoms with Gasteiger partial charge in [0.05, 0.1) is 5.69 Å². The summed E-state index contributed by atoms with van der Waals surface area (Å²) in [5.41, 5.74) is 2.84. The van der Waals surface area contributed by atoms with E-state index >= 15 is 0 Å². The molecule has 0 amide bonds. The number of nitrogens with one attached hydrogen (secondary N) is 1. The highest BCUT2D eigenvalue weighted by Gasteiger charge is 2.23. The van der Waals surface area contributed by atoms with Gasteiger partial charge in [-0.05, 0) is 43.2 Å². The van der Waals surface area contributed by atoms with E-state index in [1.807, 2.05) is 11.3 Å². The van der Waals surface area contributed by atoms with Crippen LogP contribution in [0.15, 0.2) is 30.3 Å². The summed E-state index contributed by atoms with van der Waals surface area (Å²) in [5, 5.41) is 4.76. The molecule has 1 unspecified atom stereocenters. The lowest BCUT2D eigenvalue weighted by atomic mass is 9.85. The number of rotatable bonds is 5. The predicted molar refractivity (Wildman–Crippen MR) is 89.9 cm³/mol. The zero-order chi connectivity index (χ0) is 14.7. The van der Waals surface area contributed by atoms with Gasteiger partial charge in [-0.3, -0.25) is 0 Å². The molecule has 0 radical (unpaired) electrons. The molecule has 2 nitrogen and oxygen atoms in total. The predicted octanol–water partition coefficient (Wildman–Crippen LogP) is 4.16. The molecular formula is C18H24N2S. The van der Waals surface area contributed by atoms with Gasteiger partial charge in [0.1, 0.15) is 5.01 Å². The van der Waals surface area contributed by atoms with Crippen LogP contribution in [0.1, 0.15) is 47.3 Å². The van der Waals surface area contributed by atoms with Crippen LogP contribution >= 0.6 is 11.3 Å². The van der Waals surface area contributed by atoms with Crippen molar-refractivity contribution in [1.82, 2.24) is 10.3 Å². The Hall–Kier alpha value is -1.19. The lowest BCUT2D eigenvalue weighted by Gasteiger charge is -2.21. The third-order valence-electron chi connectivity index (χ3n) is 4.08. The number of thiazole rings is 1. The van der Waals surface area contributed by atoms with Crippen molar-refractivity contribution in [2.45, 2.75) is 45.6 Å². The van der Waals surface area contributed by atoms with Crippen LogP contribution in [0.5, 0.6) is 0 Å². The highest BCUT2D eigenvalue weighted by molar-refractivity contribution is 7.11. The Morgan fingerprint density at radius 3 is 2.86 bits per heavy atom. The van der Waals surface area contributed by atoms with Crippen LogP contribution in [-0.2, 0) is 19.4 Å². The third kappa shape index (κ3) is 3.72. The van der Waals surface area contributed by atoms with Crippen LogP contribution in [-0.4, -0.2) is 11.5 Å². The molecule has 1 aromatic heterocycles. The molecule has 1 N–H and O–H groups in total. The highest BCUT2D eigenvalue weighted by Crippen LogP contribution is 2.35. The van der Waals surface area contributed by atoms with E-state index in [1.165, 1.54) is 34.0 Å². The third-order valence-corrected chi connectivity index (χ3v) is 5.20. The first kappa shape index (κ1) is 14.7. The van der Waals surface area contributed by atoms with E-state index in [2.05, 4.69) is 49.5 Å². The van der Waals surface area contributed by atoms with Crippen molar-refractivity contribution in [1.29, 1.82) is 0 Å². The van der Waals surface area contributed by atoms with Crippen molar-refractivity contribution in [3.63, 3.8) is 0 Å². The van der Waals surface area contributed by atoms with Crippen LogP contribution in [0, 0.1) is 5.92 Å². The molecule has 2 aromatic rings. The molecule has 1 aliphatic rings. The maximum atomic E-state index is 4.83. The zero-order valence-electron chi connectivity index (χ0n) is 12.9. The van der Waals surface area contributed by atoms with Crippen molar-refractivity contribution < 1.29 is 0 Å². The molecule has 1 atom stereocenters. The Balaban J connectivity index is 1.65. The minimum absolute atomic E-state index is 0.677.